The van der Waals surface area contributed by atoms with Gasteiger partial charge in [-0.15, -0.1) is 0 Å². The maximum atomic E-state index is 5.70. The van der Waals surface area contributed by atoms with Crippen LogP contribution in [0.2, 0.25) is 0 Å². The van der Waals surface area contributed by atoms with Crippen LogP contribution < -0.4 is 4.90 Å². The highest BCUT2D eigenvalue weighted by molar-refractivity contribution is 5.65. The van der Waals surface area contributed by atoms with Gasteiger partial charge in [-0.25, -0.2) is 0 Å². The number of piperidine rings is 1. The van der Waals surface area contributed by atoms with E-state index in [0.29, 0.717) is 17.9 Å². The van der Waals surface area contributed by atoms with Gasteiger partial charge in [-0.3, -0.25) is 9.58 Å². The fraction of sp³-hybridized carbons (Fsp3) is 0.719. The van der Waals surface area contributed by atoms with Crippen molar-refractivity contribution in [2.45, 2.75) is 44.7 Å². The molecule has 1 aromatic heterocycles. The lowest BCUT2D eigenvalue weighted by atomic mass is 9.98. The summed E-state index contributed by atoms with van der Waals surface area (Å²) in [6, 6.07) is 9.76. The second-order valence-corrected chi connectivity index (χ2v) is 12.7. The fourth-order valence-electron chi connectivity index (χ4n) is 7.02. The van der Waals surface area contributed by atoms with E-state index in [1.165, 1.54) is 68.7 Å². The molecule has 2 aromatic rings. The SMILES string of the molecule is CN1CCN(c2ccc(-c3cnn(CCCN4CCC(N(CC5CCOC5)CC5CCOC5)CC4)c3)cc2)CC1. The largest absolute Gasteiger partial charge is 0.381 e. The number of aryl methyl sites for hydroxylation is 1. The van der Waals surface area contributed by atoms with Crippen molar-refractivity contribution >= 4 is 5.69 Å². The van der Waals surface area contributed by atoms with Crippen LogP contribution in [-0.4, -0.2) is 123 Å². The van der Waals surface area contributed by atoms with E-state index in [-0.39, 0.29) is 0 Å². The number of aromatic nitrogens is 2. The highest BCUT2D eigenvalue weighted by Gasteiger charge is 2.30. The molecule has 0 amide bonds. The van der Waals surface area contributed by atoms with Crippen molar-refractivity contribution in [3.63, 3.8) is 0 Å². The first-order valence-corrected chi connectivity index (χ1v) is 15.9. The number of likely N-dealkylation sites (tertiary alicyclic amines) is 1. The number of piperazine rings is 1. The van der Waals surface area contributed by atoms with Gasteiger partial charge in [-0.1, -0.05) is 12.1 Å². The lowest BCUT2D eigenvalue weighted by Crippen LogP contribution is -2.48. The van der Waals surface area contributed by atoms with E-state index in [4.69, 9.17) is 9.47 Å². The van der Waals surface area contributed by atoms with Gasteiger partial charge < -0.3 is 24.2 Å². The summed E-state index contributed by atoms with van der Waals surface area (Å²) < 4.78 is 13.5. The van der Waals surface area contributed by atoms with Crippen LogP contribution in [0, 0.1) is 11.8 Å². The average molecular weight is 551 g/mol. The summed E-state index contributed by atoms with van der Waals surface area (Å²) in [5.41, 5.74) is 3.80. The molecule has 5 heterocycles. The second kappa shape index (κ2) is 13.8. The molecule has 220 valence electrons. The van der Waals surface area contributed by atoms with Gasteiger partial charge in [0, 0.05) is 82.5 Å². The third-order valence-corrected chi connectivity index (χ3v) is 9.67. The number of hydrogen-bond acceptors (Lipinski definition) is 7. The monoisotopic (exact) mass is 550 g/mol. The van der Waals surface area contributed by atoms with Gasteiger partial charge in [0.05, 0.1) is 19.4 Å². The average Bonchev–Trinajstić information content (AvgIpc) is 3.78. The van der Waals surface area contributed by atoms with E-state index in [0.717, 1.165) is 72.1 Å². The molecule has 4 saturated heterocycles. The molecule has 0 spiro atoms. The number of rotatable bonds is 11. The highest BCUT2D eigenvalue weighted by Crippen LogP contribution is 2.26. The molecule has 1 aromatic carbocycles. The van der Waals surface area contributed by atoms with Crippen LogP contribution in [-0.2, 0) is 16.0 Å². The molecule has 0 bridgehead atoms. The van der Waals surface area contributed by atoms with Crippen molar-refractivity contribution < 1.29 is 9.47 Å². The molecule has 0 saturated carbocycles. The Morgan fingerprint density at radius 2 is 1.48 bits per heavy atom. The van der Waals surface area contributed by atoms with Gasteiger partial charge in [0.15, 0.2) is 0 Å². The van der Waals surface area contributed by atoms with E-state index in [2.05, 4.69) is 66.9 Å². The van der Waals surface area contributed by atoms with Gasteiger partial charge >= 0.3 is 0 Å². The zero-order chi connectivity index (χ0) is 27.1. The van der Waals surface area contributed by atoms with E-state index in [1.807, 2.05) is 6.20 Å². The molecule has 8 nitrogen and oxygen atoms in total. The van der Waals surface area contributed by atoms with E-state index in [9.17, 15) is 0 Å². The molecule has 40 heavy (non-hydrogen) atoms. The van der Waals surface area contributed by atoms with Crippen LogP contribution >= 0.6 is 0 Å². The summed E-state index contributed by atoms with van der Waals surface area (Å²) in [5, 5.41) is 4.68. The van der Waals surface area contributed by atoms with Gasteiger partial charge in [-0.05, 0) is 88.3 Å². The molecular formula is C32H50N6O2. The third-order valence-electron chi connectivity index (χ3n) is 9.67. The van der Waals surface area contributed by atoms with Crippen LogP contribution in [0.25, 0.3) is 11.1 Å². The Balaban J connectivity index is 0.935. The molecule has 0 aliphatic carbocycles. The molecule has 4 aliphatic rings. The van der Waals surface area contributed by atoms with E-state index >= 15 is 0 Å². The minimum absolute atomic E-state index is 0.716. The number of nitrogens with zero attached hydrogens (tertiary/aromatic N) is 6. The Morgan fingerprint density at radius 3 is 2.10 bits per heavy atom. The smallest absolute Gasteiger partial charge is 0.0568 e. The normalized spacial score (nSPS) is 25.4. The summed E-state index contributed by atoms with van der Waals surface area (Å²) in [6.07, 6.45) is 10.4. The Hall–Kier alpha value is -1.97. The van der Waals surface area contributed by atoms with Crippen LogP contribution in [0.15, 0.2) is 36.7 Å². The molecule has 2 atom stereocenters. The van der Waals surface area contributed by atoms with Crippen molar-refractivity contribution in [1.82, 2.24) is 24.5 Å². The summed E-state index contributed by atoms with van der Waals surface area (Å²) in [4.78, 5) is 10.4. The Morgan fingerprint density at radius 1 is 0.800 bits per heavy atom. The Labute approximate surface area is 241 Å². The second-order valence-electron chi connectivity index (χ2n) is 12.7. The zero-order valence-electron chi connectivity index (χ0n) is 24.6. The first kappa shape index (κ1) is 28.2. The van der Waals surface area contributed by atoms with Crippen molar-refractivity contribution in [2.75, 3.05) is 97.3 Å². The predicted molar refractivity (Wildman–Crippen MR) is 161 cm³/mol. The predicted octanol–water partition coefficient (Wildman–Crippen LogP) is 3.53. The third kappa shape index (κ3) is 7.45. The van der Waals surface area contributed by atoms with Gasteiger partial charge in [0.1, 0.15) is 0 Å². The van der Waals surface area contributed by atoms with Crippen molar-refractivity contribution in [3.05, 3.63) is 36.7 Å². The van der Waals surface area contributed by atoms with E-state index in [1.54, 1.807) is 0 Å². The number of likely N-dealkylation sites (N-methyl/N-ethyl adjacent to an activating group) is 1. The standard InChI is InChI=1S/C32H50N6O2/c1-34-15-17-36(18-16-34)31-5-3-29(4-6-31)30-21-33-38(24-30)12-2-11-35-13-7-32(8-14-35)37(22-27-9-19-39-25-27)23-28-10-20-40-26-28/h3-6,21,24,27-28,32H,2,7-20,22-23,25-26H2,1H3. The van der Waals surface area contributed by atoms with Crippen LogP contribution in [0.3, 0.4) is 0 Å². The Bertz CT molecular complexity index is 998. The first-order valence-electron chi connectivity index (χ1n) is 15.9. The van der Waals surface area contributed by atoms with Crippen LogP contribution in [0.5, 0.6) is 0 Å². The molecular weight excluding hydrogens is 500 g/mol. The summed E-state index contributed by atoms with van der Waals surface area (Å²) in [6.45, 7) is 15.3. The topological polar surface area (TPSA) is 49.2 Å². The quantitative estimate of drug-likeness (QED) is 0.424. The first-order chi connectivity index (χ1) is 19.7. The van der Waals surface area contributed by atoms with Crippen molar-refractivity contribution in [3.8, 4) is 11.1 Å². The molecule has 2 unspecified atom stereocenters. The van der Waals surface area contributed by atoms with Gasteiger partial charge in [0.2, 0.25) is 0 Å². The molecule has 4 fully saturated rings. The maximum absolute atomic E-state index is 5.70. The lowest BCUT2D eigenvalue weighted by Gasteiger charge is -2.40. The minimum atomic E-state index is 0.716. The van der Waals surface area contributed by atoms with Crippen molar-refractivity contribution in [1.29, 1.82) is 0 Å². The van der Waals surface area contributed by atoms with Crippen LogP contribution in [0.1, 0.15) is 32.1 Å². The van der Waals surface area contributed by atoms with E-state index < -0.39 is 0 Å². The summed E-state index contributed by atoms with van der Waals surface area (Å²) in [5.74, 6) is 1.43. The van der Waals surface area contributed by atoms with Crippen LogP contribution in [0.4, 0.5) is 5.69 Å². The molecule has 4 aliphatic heterocycles. The van der Waals surface area contributed by atoms with Gasteiger partial charge in [0.25, 0.3) is 0 Å². The molecule has 8 heteroatoms. The number of hydrogen-bond donors (Lipinski definition) is 0. The molecule has 6 rings (SSSR count). The summed E-state index contributed by atoms with van der Waals surface area (Å²) in [7, 11) is 2.20. The fourth-order valence-corrected chi connectivity index (χ4v) is 7.02. The molecule has 0 radical (unpaired) electrons. The minimum Gasteiger partial charge on any atom is -0.381 e. The summed E-state index contributed by atoms with van der Waals surface area (Å²) >= 11 is 0. The number of anilines is 1. The Kier molecular flexibility index (Phi) is 9.71. The number of ether oxygens (including phenoxy) is 2. The molecule has 0 N–H and O–H groups in total. The maximum Gasteiger partial charge on any atom is 0.0568 e. The van der Waals surface area contributed by atoms with Gasteiger partial charge in [-0.2, -0.15) is 5.10 Å². The lowest BCUT2D eigenvalue weighted by molar-refractivity contribution is 0.0729. The highest BCUT2D eigenvalue weighted by atomic mass is 16.5. The zero-order valence-corrected chi connectivity index (χ0v) is 24.6. The van der Waals surface area contributed by atoms with Crippen molar-refractivity contribution in [2.24, 2.45) is 11.8 Å². The number of benzene rings is 1.